The molecule has 15 heavy (non-hydrogen) atoms. The van der Waals surface area contributed by atoms with Crippen LogP contribution in [-0.2, 0) is 4.79 Å². The average Bonchev–Trinajstić information content (AvgIpc) is 2.25. The van der Waals surface area contributed by atoms with Gasteiger partial charge < -0.3 is 10.1 Å². The Morgan fingerprint density at radius 3 is 2.73 bits per heavy atom. The van der Waals surface area contributed by atoms with E-state index >= 15 is 0 Å². The number of carbonyl (C=O) groups is 1. The van der Waals surface area contributed by atoms with Crippen LogP contribution in [0.1, 0.15) is 0 Å². The second-order valence-corrected chi connectivity index (χ2v) is 3.92. The molecule has 0 heterocycles. The van der Waals surface area contributed by atoms with Crippen molar-refractivity contribution in [3.05, 3.63) is 27.8 Å². The van der Waals surface area contributed by atoms with Gasteiger partial charge >= 0.3 is 0 Å². The fraction of sp³-hybridized carbons (Fsp3) is 0.200. The normalized spacial score (nSPS) is 9.07. The zero-order valence-electron chi connectivity index (χ0n) is 7.87. The number of nitrogens with one attached hydrogen (secondary N) is 1. The molecule has 1 amide bonds. The number of hydrogen-bond donors (Lipinski definition) is 1. The zero-order chi connectivity index (χ0) is 11.1. The third-order valence-corrected chi connectivity index (χ3v) is 2.27. The maximum absolute atomic E-state index is 11.1. The van der Waals surface area contributed by atoms with Crippen LogP contribution in [0.4, 0.5) is 0 Å². The lowest BCUT2D eigenvalue weighted by Crippen LogP contribution is -2.28. The zero-order valence-corrected chi connectivity index (χ0v) is 10.0. The Hall–Kier alpha value is -1.29. The molecule has 0 aliphatic carbocycles. The van der Waals surface area contributed by atoms with E-state index in [2.05, 4.69) is 27.9 Å². The van der Waals surface area contributed by atoms with Gasteiger partial charge in [-0.25, -0.2) is 0 Å². The van der Waals surface area contributed by atoms with E-state index in [1.165, 1.54) is 0 Å². The third kappa shape index (κ3) is 4.65. The molecule has 1 N–H and O–H groups in total. The van der Waals surface area contributed by atoms with E-state index < -0.39 is 0 Å². The number of benzene rings is 1. The molecule has 0 radical (unpaired) electrons. The number of hydrogen-bond acceptors (Lipinski definition) is 3. The monoisotopic (exact) mass is 316 g/mol. The van der Waals surface area contributed by atoms with E-state index in [1.54, 1.807) is 12.1 Å². The number of nitrogens with zero attached hydrogens (tertiary/aromatic N) is 1. The van der Waals surface area contributed by atoms with Crippen LogP contribution < -0.4 is 10.1 Å². The van der Waals surface area contributed by atoms with Gasteiger partial charge in [-0.2, -0.15) is 5.26 Å². The molecule has 4 nitrogen and oxygen atoms in total. The molecule has 0 aliphatic heterocycles. The highest BCUT2D eigenvalue weighted by atomic mass is 127. The van der Waals surface area contributed by atoms with Crippen LogP contribution in [0.15, 0.2) is 24.3 Å². The molecule has 0 unspecified atom stereocenters. The topological polar surface area (TPSA) is 62.1 Å². The minimum absolute atomic E-state index is 0.00881. The van der Waals surface area contributed by atoms with Crippen LogP contribution in [0.5, 0.6) is 5.75 Å². The summed E-state index contributed by atoms with van der Waals surface area (Å²) in [6.07, 6.45) is 0. The van der Waals surface area contributed by atoms with Gasteiger partial charge in [0.2, 0.25) is 0 Å². The van der Waals surface area contributed by atoms with E-state index in [1.807, 2.05) is 18.2 Å². The van der Waals surface area contributed by atoms with Gasteiger partial charge in [0, 0.05) is 3.57 Å². The molecule has 1 aromatic rings. The Labute approximate surface area is 101 Å². The quantitative estimate of drug-likeness (QED) is 0.673. The largest absolute Gasteiger partial charge is 0.484 e. The van der Waals surface area contributed by atoms with Crippen molar-refractivity contribution in [3.8, 4) is 11.8 Å². The lowest BCUT2D eigenvalue weighted by atomic mass is 10.3. The summed E-state index contributed by atoms with van der Waals surface area (Å²) in [5.41, 5.74) is 0. The number of rotatable bonds is 4. The molecule has 0 aromatic heterocycles. The van der Waals surface area contributed by atoms with Crippen LogP contribution >= 0.6 is 22.6 Å². The smallest absolute Gasteiger partial charge is 0.258 e. The molecule has 78 valence electrons. The Morgan fingerprint density at radius 2 is 2.13 bits per heavy atom. The SMILES string of the molecule is N#CCNC(=O)COc1ccc(I)cc1. The molecule has 1 aromatic carbocycles. The van der Waals surface area contributed by atoms with Crippen LogP contribution in [0.2, 0.25) is 0 Å². The maximum atomic E-state index is 11.1. The first-order valence-electron chi connectivity index (χ1n) is 4.24. The summed E-state index contributed by atoms with van der Waals surface area (Å²) in [6, 6.07) is 9.18. The molecule has 0 spiro atoms. The number of ether oxygens (including phenoxy) is 1. The number of carbonyl (C=O) groups excluding carboxylic acids is 1. The summed E-state index contributed by atoms with van der Waals surface area (Å²) < 4.78 is 6.30. The Bertz CT molecular complexity index is 370. The fourth-order valence-electron chi connectivity index (χ4n) is 0.869. The number of halogens is 1. The summed E-state index contributed by atoms with van der Waals surface area (Å²) in [5, 5.41) is 10.6. The Morgan fingerprint density at radius 1 is 1.47 bits per heavy atom. The van der Waals surface area contributed by atoms with Crippen molar-refractivity contribution in [2.75, 3.05) is 13.2 Å². The first-order chi connectivity index (χ1) is 7.22. The van der Waals surface area contributed by atoms with Crippen LogP contribution in [-0.4, -0.2) is 19.1 Å². The van der Waals surface area contributed by atoms with Gasteiger partial charge in [0.05, 0.1) is 6.07 Å². The summed E-state index contributed by atoms with van der Waals surface area (Å²) in [6.45, 7) is -0.0584. The highest BCUT2D eigenvalue weighted by molar-refractivity contribution is 14.1. The van der Waals surface area contributed by atoms with Gasteiger partial charge in [0.1, 0.15) is 12.3 Å². The van der Waals surface area contributed by atoms with Crippen molar-refractivity contribution in [2.45, 2.75) is 0 Å². The molecular weight excluding hydrogens is 307 g/mol. The summed E-state index contributed by atoms with van der Waals surface area (Å²) in [7, 11) is 0. The van der Waals surface area contributed by atoms with Crippen LogP contribution in [0.25, 0.3) is 0 Å². The molecule has 0 bridgehead atoms. The molecular formula is C10H9IN2O2. The lowest BCUT2D eigenvalue weighted by molar-refractivity contribution is -0.122. The van der Waals surface area contributed by atoms with Crippen LogP contribution in [0, 0.1) is 14.9 Å². The molecule has 0 atom stereocenters. The van der Waals surface area contributed by atoms with E-state index in [9.17, 15) is 4.79 Å². The van der Waals surface area contributed by atoms with Crippen LogP contribution in [0.3, 0.4) is 0 Å². The van der Waals surface area contributed by atoms with Crippen molar-refractivity contribution in [1.29, 1.82) is 5.26 Å². The highest BCUT2D eigenvalue weighted by Crippen LogP contribution is 2.12. The Kier molecular flexibility index (Phi) is 4.90. The Balaban J connectivity index is 2.34. The standard InChI is InChI=1S/C10H9IN2O2/c11-8-1-3-9(4-2-8)15-7-10(14)13-6-5-12/h1-4H,6-7H2,(H,13,14). The third-order valence-electron chi connectivity index (χ3n) is 1.55. The van der Waals surface area contributed by atoms with Gasteiger partial charge in [0.15, 0.2) is 6.61 Å². The highest BCUT2D eigenvalue weighted by Gasteiger charge is 2.00. The summed E-state index contributed by atoms with van der Waals surface area (Å²) in [5.74, 6) is 0.345. The molecule has 5 heteroatoms. The van der Waals surface area contributed by atoms with Crippen molar-refractivity contribution >= 4 is 28.5 Å². The lowest BCUT2D eigenvalue weighted by Gasteiger charge is -2.05. The first kappa shape index (κ1) is 11.8. The van der Waals surface area contributed by atoms with Crippen molar-refractivity contribution in [3.63, 3.8) is 0 Å². The summed E-state index contributed by atoms with van der Waals surface area (Å²) in [4.78, 5) is 11.1. The predicted octanol–water partition coefficient (Wildman–Crippen LogP) is 1.31. The summed E-state index contributed by atoms with van der Waals surface area (Å²) >= 11 is 2.19. The number of nitriles is 1. The van der Waals surface area contributed by atoms with Gasteiger partial charge in [-0.05, 0) is 46.9 Å². The molecule has 0 fully saturated rings. The first-order valence-corrected chi connectivity index (χ1v) is 5.32. The van der Waals surface area contributed by atoms with Gasteiger partial charge in [-0.3, -0.25) is 4.79 Å². The molecule has 0 saturated carbocycles. The van der Waals surface area contributed by atoms with E-state index in [0.717, 1.165) is 3.57 Å². The fourth-order valence-corrected chi connectivity index (χ4v) is 1.23. The predicted molar refractivity (Wildman–Crippen MR) is 63.3 cm³/mol. The second-order valence-electron chi connectivity index (χ2n) is 2.68. The minimum atomic E-state index is -0.296. The van der Waals surface area contributed by atoms with Gasteiger partial charge in [-0.1, -0.05) is 0 Å². The van der Waals surface area contributed by atoms with Crippen molar-refractivity contribution < 1.29 is 9.53 Å². The van der Waals surface area contributed by atoms with Crippen molar-refractivity contribution in [2.24, 2.45) is 0 Å². The van der Waals surface area contributed by atoms with E-state index in [0.29, 0.717) is 5.75 Å². The van der Waals surface area contributed by atoms with E-state index in [4.69, 9.17) is 10.00 Å². The van der Waals surface area contributed by atoms with E-state index in [-0.39, 0.29) is 19.1 Å². The molecule has 1 rings (SSSR count). The van der Waals surface area contributed by atoms with Gasteiger partial charge in [0.25, 0.3) is 5.91 Å². The maximum Gasteiger partial charge on any atom is 0.258 e. The van der Waals surface area contributed by atoms with Gasteiger partial charge in [-0.15, -0.1) is 0 Å². The number of amides is 1. The molecule has 0 aliphatic rings. The minimum Gasteiger partial charge on any atom is -0.484 e. The average molecular weight is 316 g/mol. The molecule has 0 saturated heterocycles. The second kappa shape index (κ2) is 6.24. The van der Waals surface area contributed by atoms with Crippen molar-refractivity contribution in [1.82, 2.24) is 5.32 Å².